The third kappa shape index (κ3) is 2.26. The number of amides is 1. The molecule has 0 radical (unpaired) electrons. The highest BCUT2D eigenvalue weighted by Crippen LogP contribution is 2.31. The lowest BCUT2D eigenvalue weighted by molar-refractivity contribution is -0.119. The maximum absolute atomic E-state index is 11.4. The van der Waals surface area contributed by atoms with E-state index in [1.807, 2.05) is 4.90 Å². The molecule has 2 heterocycles. The van der Waals surface area contributed by atoms with Gasteiger partial charge in [-0.2, -0.15) is 0 Å². The summed E-state index contributed by atoms with van der Waals surface area (Å²) in [5.41, 5.74) is 11.0. The van der Waals surface area contributed by atoms with Crippen LogP contribution in [0.1, 0.15) is 19.3 Å². The first-order chi connectivity index (χ1) is 8.11. The van der Waals surface area contributed by atoms with Gasteiger partial charge >= 0.3 is 0 Å². The van der Waals surface area contributed by atoms with Crippen LogP contribution in [0, 0.1) is 0 Å². The van der Waals surface area contributed by atoms with E-state index in [1.54, 1.807) is 0 Å². The minimum Gasteiger partial charge on any atom is -0.382 e. The Labute approximate surface area is 104 Å². The van der Waals surface area contributed by atoms with Crippen LogP contribution in [0.3, 0.4) is 0 Å². The van der Waals surface area contributed by atoms with Gasteiger partial charge in [-0.3, -0.25) is 4.79 Å². The summed E-state index contributed by atoms with van der Waals surface area (Å²) in [5, 5.41) is 0.278. The third-order valence-corrected chi connectivity index (χ3v) is 3.26. The van der Waals surface area contributed by atoms with Gasteiger partial charge in [0.15, 0.2) is 5.82 Å². The Morgan fingerprint density at radius 3 is 2.94 bits per heavy atom. The SMILES string of the molecule is NC(=O)C1CCCCN1c1ncnc(N)c1Cl. The van der Waals surface area contributed by atoms with E-state index in [1.165, 1.54) is 6.33 Å². The number of nitrogen functional groups attached to an aromatic ring is 1. The molecule has 1 amide bonds. The van der Waals surface area contributed by atoms with Crippen LogP contribution in [0.15, 0.2) is 6.33 Å². The standard InChI is InChI=1S/C10H14ClN5O/c11-7-8(12)14-5-15-10(7)16-4-2-1-3-6(16)9(13)17/h5-6H,1-4H2,(H2,13,17)(H2,12,14,15). The fourth-order valence-electron chi connectivity index (χ4n) is 2.05. The van der Waals surface area contributed by atoms with Crippen molar-refractivity contribution >= 4 is 29.1 Å². The number of piperidine rings is 1. The normalized spacial score (nSPS) is 20.3. The van der Waals surface area contributed by atoms with Crippen molar-refractivity contribution in [3.05, 3.63) is 11.3 Å². The van der Waals surface area contributed by atoms with Crippen LogP contribution in [-0.4, -0.2) is 28.5 Å². The zero-order valence-corrected chi connectivity index (χ0v) is 10.0. The first-order valence-corrected chi connectivity index (χ1v) is 5.81. The number of nitrogens with zero attached hydrogens (tertiary/aromatic N) is 3. The molecule has 4 N–H and O–H groups in total. The summed E-state index contributed by atoms with van der Waals surface area (Å²) in [6.07, 6.45) is 4.01. The van der Waals surface area contributed by atoms with Crippen LogP contribution in [0.25, 0.3) is 0 Å². The molecule has 7 heteroatoms. The smallest absolute Gasteiger partial charge is 0.240 e. The van der Waals surface area contributed by atoms with Crippen molar-refractivity contribution in [1.29, 1.82) is 0 Å². The lowest BCUT2D eigenvalue weighted by Crippen LogP contribution is -2.48. The Balaban J connectivity index is 2.36. The first kappa shape index (κ1) is 11.9. The Hall–Kier alpha value is -1.56. The Morgan fingerprint density at radius 2 is 2.24 bits per heavy atom. The van der Waals surface area contributed by atoms with Gasteiger partial charge in [-0.05, 0) is 19.3 Å². The summed E-state index contributed by atoms with van der Waals surface area (Å²) < 4.78 is 0. The molecule has 0 saturated carbocycles. The second kappa shape index (κ2) is 4.75. The Morgan fingerprint density at radius 1 is 1.47 bits per heavy atom. The van der Waals surface area contributed by atoms with Gasteiger partial charge in [0.25, 0.3) is 0 Å². The monoisotopic (exact) mass is 255 g/mol. The Kier molecular flexibility index (Phi) is 3.33. The second-order valence-electron chi connectivity index (χ2n) is 4.00. The molecule has 1 aliphatic heterocycles. The molecular formula is C10H14ClN5O. The first-order valence-electron chi connectivity index (χ1n) is 5.43. The number of primary amides is 1. The van der Waals surface area contributed by atoms with Crippen LogP contribution in [0.4, 0.5) is 11.6 Å². The number of nitrogens with two attached hydrogens (primary N) is 2. The summed E-state index contributed by atoms with van der Waals surface area (Å²) in [5.74, 6) is 0.339. The van der Waals surface area contributed by atoms with Gasteiger partial charge in [-0.25, -0.2) is 9.97 Å². The molecule has 1 fully saturated rings. The third-order valence-electron chi connectivity index (χ3n) is 2.90. The van der Waals surface area contributed by atoms with Crippen LogP contribution in [-0.2, 0) is 4.79 Å². The van der Waals surface area contributed by atoms with E-state index in [2.05, 4.69) is 9.97 Å². The summed E-state index contributed by atoms with van der Waals surface area (Å²) in [6, 6.07) is -0.365. The summed E-state index contributed by atoms with van der Waals surface area (Å²) in [7, 11) is 0. The van der Waals surface area contributed by atoms with E-state index in [0.717, 1.165) is 19.3 Å². The van der Waals surface area contributed by atoms with E-state index in [-0.39, 0.29) is 22.8 Å². The molecule has 92 valence electrons. The van der Waals surface area contributed by atoms with Crippen molar-refractivity contribution in [3.63, 3.8) is 0 Å². The van der Waals surface area contributed by atoms with Gasteiger partial charge < -0.3 is 16.4 Å². The molecule has 2 rings (SSSR count). The summed E-state index contributed by atoms with van der Waals surface area (Å²) in [6.45, 7) is 0.698. The van der Waals surface area contributed by atoms with Crippen molar-refractivity contribution in [2.24, 2.45) is 5.73 Å². The van der Waals surface area contributed by atoms with Crippen molar-refractivity contribution in [3.8, 4) is 0 Å². The Bertz CT molecular complexity index is 439. The predicted molar refractivity (Wildman–Crippen MR) is 65.6 cm³/mol. The zero-order chi connectivity index (χ0) is 12.4. The topological polar surface area (TPSA) is 98.1 Å². The van der Waals surface area contributed by atoms with Crippen LogP contribution in [0.2, 0.25) is 5.02 Å². The highest BCUT2D eigenvalue weighted by molar-refractivity contribution is 6.35. The van der Waals surface area contributed by atoms with Gasteiger partial charge in [0, 0.05) is 6.54 Å². The highest BCUT2D eigenvalue weighted by atomic mass is 35.5. The number of anilines is 2. The molecule has 0 aromatic carbocycles. The fourth-order valence-corrected chi connectivity index (χ4v) is 2.26. The number of rotatable bonds is 2. The number of aromatic nitrogens is 2. The zero-order valence-electron chi connectivity index (χ0n) is 9.27. The van der Waals surface area contributed by atoms with Crippen molar-refractivity contribution in [2.45, 2.75) is 25.3 Å². The van der Waals surface area contributed by atoms with Gasteiger partial charge in [-0.1, -0.05) is 11.6 Å². The summed E-state index contributed by atoms with van der Waals surface area (Å²) >= 11 is 6.05. The van der Waals surface area contributed by atoms with E-state index >= 15 is 0 Å². The largest absolute Gasteiger partial charge is 0.382 e. The molecule has 1 saturated heterocycles. The predicted octanol–water partition coefficient (Wildman–Crippen LogP) is 0.556. The van der Waals surface area contributed by atoms with Gasteiger partial charge in [0.05, 0.1) is 0 Å². The van der Waals surface area contributed by atoms with E-state index in [0.29, 0.717) is 12.4 Å². The highest BCUT2D eigenvalue weighted by Gasteiger charge is 2.29. The van der Waals surface area contributed by atoms with E-state index in [4.69, 9.17) is 23.1 Å². The van der Waals surface area contributed by atoms with Crippen molar-refractivity contribution in [2.75, 3.05) is 17.2 Å². The van der Waals surface area contributed by atoms with Gasteiger partial charge in [0.1, 0.15) is 23.2 Å². The van der Waals surface area contributed by atoms with Crippen LogP contribution in [0.5, 0.6) is 0 Å². The minimum absolute atomic E-state index is 0.213. The molecule has 1 aliphatic rings. The molecule has 0 bridgehead atoms. The molecular weight excluding hydrogens is 242 g/mol. The minimum atomic E-state index is -0.365. The van der Waals surface area contributed by atoms with Crippen molar-refractivity contribution < 1.29 is 4.79 Å². The lowest BCUT2D eigenvalue weighted by atomic mass is 10.0. The maximum Gasteiger partial charge on any atom is 0.240 e. The van der Waals surface area contributed by atoms with Crippen LogP contribution < -0.4 is 16.4 Å². The average molecular weight is 256 g/mol. The number of hydrogen-bond donors (Lipinski definition) is 2. The van der Waals surface area contributed by atoms with Crippen LogP contribution >= 0.6 is 11.6 Å². The number of halogens is 1. The number of carbonyl (C=O) groups is 1. The molecule has 1 unspecified atom stereocenters. The van der Waals surface area contributed by atoms with Gasteiger partial charge in [-0.15, -0.1) is 0 Å². The molecule has 0 spiro atoms. The fraction of sp³-hybridized carbons (Fsp3) is 0.500. The lowest BCUT2D eigenvalue weighted by Gasteiger charge is -2.34. The second-order valence-corrected chi connectivity index (χ2v) is 4.38. The average Bonchev–Trinajstić information content (AvgIpc) is 2.33. The molecule has 1 atom stereocenters. The quantitative estimate of drug-likeness (QED) is 0.804. The number of carbonyl (C=O) groups excluding carboxylic acids is 1. The van der Waals surface area contributed by atoms with E-state index < -0.39 is 0 Å². The molecule has 1 aromatic heterocycles. The molecule has 6 nitrogen and oxygen atoms in total. The van der Waals surface area contributed by atoms with Crippen molar-refractivity contribution in [1.82, 2.24) is 9.97 Å². The molecule has 0 aliphatic carbocycles. The molecule has 17 heavy (non-hydrogen) atoms. The van der Waals surface area contributed by atoms with Gasteiger partial charge in [0.2, 0.25) is 5.91 Å². The summed E-state index contributed by atoms with van der Waals surface area (Å²) in [4.78, 5) is 21.1. The number of hydrogen-bond acceptors (Lipinski definition) is 5. The molecule has 1 aromatic rings. The maximum atomic E-state index is 11.4. The van der Waals surface area contributed by atoms with E-state index in [9.17, 15) is 4.79 Å².